The van der Waals surface area contributed by atoms with Crippen molar-refractivity contribution in [1.29, 1.82) is 0 Å². The molecule has 1 saturated carbocycles. The quantitative estimate of drug-likeness (QED) is 0.855. The molecule has 2 fully saturated rings. The molecule has 0 aromatic rings. The first-order valence-corrected chi connectivity index (χ1v) is 7.76. The molecule has 1 saturated heterocycles. The minimum absolute atomic E-state index is 0.0517. The second-order valence-electron chi connectivity index (χ2n) is 5.99. The number of nitrogens with zero attached hydrogens (tertiary/aromatic N) is 1. The SMILES string of the molecule is COC(=O)NC(C(=O)N1CCC2CCCCC21)C(C)OC. The van der Waals surface area contributed by atoms with E-state index in [9.17, 15) is 9.59 Å². The molecule has 1 aliphatic heterocycles. The standard InChI is InChI=1S/C15H26N2O4/c1-10(20-2)13(16-15(19)21-3)14(18)17-9-8-11-6-4-5-7-12(11)17/h10-13H,4-9H2,1-3H3,(H,16,19). The number of nitrogens with one attached hydrogen (secondary N) is 1. The van der Waals surface area contributed by atoms with E-state index in [-0.39, 0.29) is 12.0 Å². The van der Waals surface area contributed by atoms with Crippen LogP contribution in [0.1, 0.15) is 39.0 Å². The van der Waals surface area contributed by atoms with Crippen LogP contribution in [-0.4, -0.2) is 55.9 Å². The number of rotatable bonds is 4. The number of hydrogen-bond donors (Lipinski definition) is 1. The van der Waals surface area contributed by atoms with Gasteiger partial charge in [-0.15, -0.1) is 0 Å². The number of carbonyl (C=O) groups is 2. The molecule has 1 heterocycles. The van der Waals surface area contributed by atoms with Gasteiger partial charge in [-0.3, -0.25) is 4.79 Å². The van der Waals surface area contributed by atoms with Crippen molar-refractivity contribution in [2.75, 3.05) is 20.8 Å². The molecular weight excluding hydrogens is 272 g/mol. The molecule has 1 N–H and O–H groups in total. The van der Waals surface area contributed by atoms with Crippen molar-refractivity contribution in [3.8, 4) is 0 Å². The molecule has 0 radical (unpaired) electrons. The molecule has 0 aromatic carbocycles. The number of amides is 2. The lowest BCUT2D eigenvalue weighted by molar-refractivity contribution is -0.138. The summed E-state index contributed by atoms with van der Waals surface area (Å²) < 4.78 is 9.88. The Morgan fingerprint density at radius 2 is 1.90 bits per heavy atom. The van der Waals surface area contributed by atoms with Crippen molar-refractivity contribution in [1.82, 2.24) is 10.2 Å². The number of likely N-dealkylation sites (tertiary alicyclic amines) is 1. The molecule has 21 heavy (non-hydrogen) atoms. The first kappa shape index (κ1) is 16.1. The van der Waals surface area contributed by atoms with Gasteiger partial charge in [0.05, 0.1) is 13.2 Å². The average molecular weight is 298 g/mol. The number of hydrogen-bond acceptors (Lipinski definition) is 4. The number of carbonyl (C=O) groups excluding carboxylic acids is 2. The fourth-order valence-corrected chi connectivity index (χ4v) is 3.56. The predicted octanol–water partition coefficient (Wildman–Crippen LogP) is 1.54. The van der Waals surface area contributed by atoms with Crippen LogP contribution in [0.2, 0.25) is 0 Å². The Balaban J connectivity index is 2.08. The maximum atomic E-state index is 12.8. The highest BCUT2D eigenvalue weighted by Crippen LogP contribution is 2.36. The zero-order chi connectivity index (χ0) is 15.4. The van der Waals surface area contributed by atoms with Gasteiger partial charge in [0.2, 0.25) is 5.91 Å². The maximum absolute atomic E-state index is 12.8. The lowest BCUT2D eigenvalue weighted by atomic mass is 9.85. The van der Waals surface area contributed by atoms with Gasteiger partial charge in [0.15, 0.2) is 0 Å². The van der Waals surface area contributed by atoms with Crippen LogP contribution in [0.3, 0.4) is 0 Å². The molecule has 120 valence electrons. The molecule has 0 bridgehead atoms. The van der Waals surface area contributed by atoms with Gasteiger partial charge in [-0.25, -0.2) is 4.79 Å². The molecule has 2 rings (SSSR count). The normalized spacial score (nSPS) is 27.7. The summed E-state index contributed by atoms with van der Waals surface area (Å²) in [5, 5.41) is 2.61. The van der Waals surface area contributed by atoms with E-state index in [1.165, 1.54) is 33.5 Å². The summed E-state index contributed by atoms with van der Waals surface area (Å²) in [5.41, 5.74) is 0. The number of ether oxygens (including phenoxy) is 2. The summed E-state index contributed by atoms with van der Waals surface area (Å²) in [6.07, 6.45) is 4.81. The fourth-order valence-electron chi connectivity index (χ4n) is 3.56. The smallest absolute Gasteiger partial charge is 0.407 e. The summed E-state index contributed by atoms with van der Waals surface area (Å²) in [6, 6.07) is -0.361. The van der Waals surface area contributed by atoms with Crippen molar-refractivity contribution < 1.29 is 19.1 Å². The fraction of sp³-hybridized carbons (Fsp3) is 0.867. The van der Waals surface area contributed by atoms with Crippen molar-refractivity contribution >= 4 is 12.0 Å². The van der Waals surface area contributed by atoms with Crippen LogP contribution in [0.15, 0.2) is 0 Å². The Bertz CT molecular complexity index is 388. The van der Waals surface area contributed by atoms with Crippen LogP contribution >= 0.6 is 0 Å². The van der Waals surface area contributed by atoms with Crippen LogP contribution in [0.4, 0.5) is 4.79 Å². The second-order valence-corrected chi connectivity index (χ2v) is 5.99. The minimum Gasteiger partial charge on any atom is -0.453 e. The Hall–Kier alpha value is -1.30. The van der Waals surface area contributed by atoms with Gasteiger partial charge >= 0.3 is 6.09 Å². The topological polar surface area (TPSA) is 67.9 Å². The highest BCUT2D eigenvalue weighted by molar-refractivity contribution is 5.86. The van der Waals surface area contributed by atoms with E-state index in [0.717, 1.165) is 19.4 Å². The van der Waals surface area contributed by atoms with Crippen LogP contribution in [0.25, 0.3) is 0 Å². The molecule has 6 nitrogen and oxygen atoms in total. The molecule has 6 heteroatoms. The van der Waals surface area contributed by atoms with E-state index >= 15 is 0 Å². The highest BCUT2D eigenvalue weighted by atomic mass is 16.5. The highest BCUT2D eigenvalue weighted by Gasteiger charge is 2.42. The Morgan fingerprint density at radius 1 is 1.19 bits per heavy atom. The molecule has 2 amide bonds. The van der Waals surface area contributed by atoms with E-state index in [1.54, 1.807) is 6.92 Å². The first-order valence-electron chi connectivity index (χ1n) is 7.76. The van der Waals surface area contributed by atoms with E-state index in [1.807, 2.05) is 4.90 Å². The zero-order valence-electron chi connectivity index (χ0n) is 13.1. The van der Waals surface area contributed by atoms with Gasteiger partial charge in [-0.2, -0.15) is 0 Å². The van der Waals surface area contributed by atoms with Crippen molar-refractivity contribution in [2.45, 2.75) is 57.2 Å². The van der Waals surface area contributed by atoms with Crippen LogP contribution in [0, 0.1) is 5.92 Å². The Morgan fingerprint density at radius 3 is 2.57 bits per heavy atom. The van der Waals surface area contributed by atoms with Crippen molar-refractivity contribution in [3.63, 3.8) is 0 Å². The molecular formula is C15H26N2O4. The van der Waals surface area contributed by atoms with Crippen molar-refractivity contribution in [2.24, 2.45) is 5.92 Å². The molecule has 4 atom stereocenters. The lowest BCUT2D eigenvalue weighted by Crippen LogP contribution is -2.55. The Labute approximate surface area is 126 Å². The van der Waals surface area contributed by atoms with Gasteiger partial charge in [0.25, 0.3) is 0 Å². The molecule has 1 aliphatic carbocycles. The van der Waals surface area contributed by atoms with Crippen LogP contribution in [0.5, 0.6) is 0 Å². The number of alkyl carbamates (subject to hydrolysis) is 1. The number of methoxy groups -OCH3 is 2. The van der Waals surface area contributed by atoms with E-state index in [4.69, 9.17) is 4.74 Å². The third-order valence-electron chi connectivity index (χ3n) is 4.86. The van der Waals surface area contributed by atoms with Gasteiger partial charge < -0.3 is 19.7 Å². The predicted molar refractivity (Wildman–Crippen MR) is 77.9 cm³/mol. The van der Waals surface area contributed by atoms with Crippen LogP contribution in [-0.2, 0) is 14.3 Å². The summed E-state index contributed by atoms with van der Waals surface area (Å²) in [4.78, 5) is 26.3. The third-order valence-corrected chi connectivity index (χ3v) is 4.86. The summed E-state index contributed by atoms with van der Waals surface area (Å²) in [6.45, 7) is 2.57. The van der Waals surface area contributed by atoms with Gasteiger partial charge in [0.1, 0.15) is 6.04 Å². The summed E-state index contributed by atoms with van der Waals surface area (Å²) in [5.74, 6) is 0.573. The summed E-state index contributed by atoms with van der Waals surface area (Å²) >= 11 is 0. The number of fused-ring (bicyclic) bond motifs is 1. The van der Waals surface area contributed by atoms with E-state index in [2.05, 4.69) is 10.1 Å². The zero-order valence-corrected chi connectivity index (χ0v) is 13.1. The van der Waals surface area contributed by atoms with Crippen LogP contribution < -0.4 is 5.32 Å². The first-order chi connectivity index (χ1) is 10.1. The molecule has 2 aliphatic rings. The van der Waals surface area contributed by atoms with E-state index < -0.39 is 12.1 Å². The van der Waals surface area contributed by atoms with Gasteiger partial charge in [-0.05, 0) is 32.1 Å². The maximum Gasteiger partial charge on any atom is 0.407 e. The second kappa shape index (κ2) is 7.11. The van der Waals surface area contributed by atoms with Crippen molar-refractivity contribution in [3.05, 3.63) is 0 Å². The monoisotopic (exact) mass is 298 g/mol. The van der Waals surface area contributed by atoms with E-state index in [0.29, 0.717) is 12.0 Å². The minimum atomic E-state index is -0.692. The third kappa shape index (κ3) is 3.48. The van der Waals surface area contributed by atoms with Gasteiger partial charge in [0, 0.05) is 19.7 Å². The lowest BCUT2D eigenvalue weighted by Gasteiger charge is -2.35. The Kier molecular flexibility index (Phi) is 5.45. The average Bonchev–Trinajstić information content (AvgIpc) is 2.94. The van der Waals surface area contributed by atoms with Gasteiger partial charge in [-0.1, -0.05) is 12.8 Å². The molecule has 4 unspecified atom stereocenters. The molecule has 0 spiro atoms. The largest absolute Gasteiger partial charge is 0.453 e. The molecule has 0 aromatic heterocycles. The summed E-state index contributed by atoms with van der Waals surface area (Å²) in [7, 11) is 2.83.